The van der Waals surface area contributed by atoms with Crippen molar-refractivity contribution in [2.75, 3.05) is 6.61 Å². The van der Waals surface area contributed by atoms with Crippen LogP contribution in [0.15, 0.2) is 0 Å². The lowest BCUT2D eigenvalue weighted by atomic mass is 9.44. The predicted octanol–water partition coefficient (Wildman–Crippen LogP) is 4.91. The highest BCUT2D eigenvalue weighted by Gasteiger charge is 2.70. The van der Waals surface area contributed by atoms with E-state index >= 15 is 0 Å². The maximum absolute atomic E-state index is 10.3. The zero-order valence-corrected chi connectivity index (χ0v) is 20.1. The molecule has 31 heavy (non-hydrogen) atoms. The lowest BCUT2D eigenvalue weighted by molar-refractivity contribution is -0.262. The molecule has 6 aliphatic rings. The van der Waals surface area contributed by atoms with Crippen LogP contribution in [0.2, 0.25) is 0 Å². The highest BCUT2D eigenvalue weighted by molar-refractivity contribution is 5.16. The van der Waals surface area contributed by atoms with Gasteiger partial charge in [0.2, 0.25) is 0 Å². The van der Waals surface area contributed by atoms with E-state index in [2.05, 4.69) is 20.8 Å². The van der Waals surface area contributed by atoms with Gasteiger partial charge in [-0.05, 0) is 105 Å². The zero-order valence-electron chi connectivity index (χ0n) is 20.1. The van der Waals surface area contributed by atoms with Crippen LogP contribution in [-0.2, 0) is 9.47 Å². The first-order valence-corrected chi connectivity index (χ1v) is 13.3. The van der Waals surface area contributed by atoms with Crippen LogP contribution in [0, 0.1) is 46.3 Å². The van der Waals surface area contributed by atoms with E-state index in [-0.39, 0.29) is 12.7 Å². The molecule has 6 fully saturated rings. The summed E-state index contributed by atoms with van der Waals surface area (Å²) in [5.74, 6) is 3.67. The number of ether oxygens (including phenoxy) is 2. The summed E-state index contributed by atoms with van der Waals surface area (Å²) in [4.78, 5) is 0. The molecule has 4 nitrogen and oxygen atoms in total. The van der Waals surface area contributed by atoms with Gasteiger partial charge in [0.05, 0.1) is 24.4 Å². The minimum atomic E-state index is -0.471. The van der Waals surface area contributed by atoms with E-state index in [1.807, 2.05) is 6.92 Å². The molecule has 0 aromatic carbocycles. The first-order valence-electron chi connectivity index (χ1n) is 13.3. The Morgan fingerprint density at radius 2 is 1.65 bits per heavy atom. The Bertz CT molecular complexity index is 741. The second-order valence-electron chi connectivity index (χ2n) is 13.4. The molecule has 4 saturated carbocycles. The van der Waals surface area contributed by atoms with Crippen LogP contribution in [0.1, 0.15) is 91.9 Å². The molecule has 2 N–H and O–H groups in total. The van der Waals surface area contributed by atoms with Gasteiger partial charge in [-0.1, -0.05) is 20.8 Å². The largest absolute Gasteiger partial charge is 0.393 e. The third kappa shape index (κ3) is 2.74. The zero-order chi connectivity index (χ0) is 21.8. The van der Waals surface area contributed by atoms with Crippen molar-refractivity contribution in [3.05, 3.63) is 0 Å². The van der Waals surface area contributed by atoms with Crippen molar-refractivity contribution in [3.8, 4) is 0 Å². The second-order valence-corrected chi connectivity index (χ2v) is 13.4. The van der Waals surface area contributed by atoms with Crippen LogP contribution in [-0.4, -0.2) is 40.4 Å². The summed E-state index contributed by atoms with van der Waals surface area (Å²) in [6.45, 7) is 9.68. The minimum absolute atomic E-state index is 0.0595. The van der Waals surface area contributed by atoms with E-state index in [0.717, 1.165) is 49.4 Å². The molecule has 12 atom stereocenters. The average molecular weight is 433 g/mol. The molecule has 0 aromatic heterocycles. The van der Waals surface area contributed by atoms with Gasteiger partial charge in [-0.3, -0.25) is 0 Å². The molecule has 4 unspecified atom stereocenters. The summed E-state index contributed by atoms with van der Waals surface area (Å²) in [5.41, 5.74) is 0.351. The van der Waals surface area contributed by atoms with Gasteiger partial charge in [-0.2, -0.15) is 0 Å². The molecule has 6 rings (SSSR count). The molecule has 2 aliphatic heterocycles. The Morgan fingerprint density at radius 3 is 2.39 bits per heavy atom. The van der Waals surface area contributed by atoms with Gasteiger partial charge in [0.25, 0.3) is 0 Å². The van der Waals surface area contributed by atoms with Gasteiger partial charge in [-0.25, -0.2) is 0 Å². The summed E-state index contributed by atoms with van der Waals surface area (Å²) in [6, 6.07) is 0. The van der Waals surface area contributed by atoms with Crippen LogP contribution in [0.5, 0.6) is 0 Å². The van der Waals surface area contributed by atoms with Gasteiger partial charge in [0.15, 0.2) is 5.79 Å². The summed E-state index contributed by atoms with van der Waals surface area (Å²) in [7, 11) is 0. The molecule has 0 radical (unpaired) electrons. The van der Waals surface area contributed by atoms with Gasteiger partial charge in [-0.15, -0.1) is 0 Å². The normalized spacial score (nSPS) is 62.9. The molecule has 1 spiro atoms. The lowest BCUT2D eigenvalue weighted by Crippen LogP contribution is -2.54. The molecule has 4 heteroatoms. The Kier molecular flexibility index (Phi) is 4.62. The Hall–Kier alpha value is -0.160. The fraction of sp³-hybridized carbons (Fsp3) is 1.00. The maximum Gasteiger partial charge on any atom is 0.172 e. The van der Waals surface area contributed by atoms with E-state index in [0.29, 0.717) is 28.8 Å². The smallest absolute Gasteiger partial charge is 0.172 e. The summed E-state index contributed by atoms with van der Waals surface area (Å²) >= 11 is 0. The molecular weight excluding hydrogens is 388 g/mol. The molecule has 176 valence electrons. The molecular formula is C27H44O4. The van der Waals surface area contributed by atoms with Crippen LogP contribution >= 0.6 is 0 Å². The second kappa shape index (κ2) is 6.71. The quantitative estimate of drug-likeness (QED) is 0.618. The maximum atomic E-state index is 10.3. The number of rotatable bonds is 1. The summed E-state index contributed by atoms with van der Waals surface area (Å²) in [6.07, 6.45) is 11.9. The third-order valence-electron chi connectivity index (χ3n) is 12.1. The fourth-order valence-electron chi connectivity index (χ4n) is 10.4. The Morgan fingerprint density at radius 1 is 0.871 bits per heavy atom. The minimum Gasteiger partial charge on any atom is -0.393 e. The Labute approximate surface area is 188 Å². The molecule has 2 saturated heterocycles. The standard InChI is InChI=1S/C27H44O4/c1-16-23-22(30-27(16)12-11-24(2,15-28)31-27)14-21-19-6-5-17-13-18(29)7-9-25(17,3)20(19)8-10-26(21,23)4/h16-23,28-29H,5-15H2,1-4H3/t16-,17?,18?,19+,20-,21-,22-,23-,24?,25-,26-,27?/m0/s1. The lowest BCUT2D eigenvalue weighted by Gasteiger charge is -2.61. The van der Waals surface area contributed by atoms with Gasteiger partial charge in [0.1, 0.15) is 0 Å². The molecule has 0 bridgehead atoms. The predicted molar refractivity (Wildman–Crippen MR) is 119 cm³/mol. The summed E-state index contributed by atoms with van der Waals surface area (Å²) < 4.78 is 13.4. The van der Waals surface area contributed by atoms with E-state index in [4.69, 9.17) is 9.47 Å². The van der Waals surface area contributed by atoms with Gasteiger partial charge >= 0.3 is 0 Å². The van der Waals surface area contributed by atoms with Crippen molar-refractivity contribution in [2.24, 2.45) is 46.3 Å². The fourth-order valence-corrected chi connectivity index (χ4v) is 10.4. The van der Waals surface area contributed by atoms with Crippen molar-refractivity contribution in [1.29, 1.82) is 0 Å². The first kappa shape index (κ1) is 21.4. The highest BCUT2D eigenvalue weighted by Crippen LogP contribution is 2.71. The van der Waals surface area contributed by atoms with Crippen molar-refractivity contribution < 1.29 is 19.7 Å². The molecule has 4 aliphatic carbocycles. The average Bonchev–Trinajstić information content (AvgIpc) is 3.32. The SMILES string of the molecule is C[C@H]1[C@H]2[C@H](C[C@H]3[C@@H]4CCC5CC(O)CC[C@]5(C)[C@H]4CC[C@]23C)OC12CCC(C)(CO)O2. The number of hydrogen-bond acceptors (Lipinski definition) is 4. The van der Waals surface area contributed by atoms with Crippen LogP contribution in [0.4, 0.5) is 0 Å². The number of fused-ring (bicyclic) bond motifs is 7. The van der Waals surface area contributed by atoms with E-state index < -0.39 is 11.4 Å². The third-order valence-corrected chi connectivity index (χ3v) is 12.1. The Balaban J connectivity index is 1.26. The number of aliphatic hydroxyl groups excluding tert-OH is 2. The summed E-state index contributed by atoms with van der Waals surface area (Å²) in [5, 5.41) is 20.2. The topological polar surface area (TPSA) is 58.9 Å². The van der Waals surface area contributed by atoms with Gasteiger partial charge < -0.3 is 19.7 Å². The van der Waals surface area contributed by atoms with Crippen molar-refractivity contribution in [1.82, 2.24) is 0 Å². The van der Waals surface area contributed by atoms with E-state index in [9.17, 15) is 10.2 Å². The van der Waals surface area contributed by atoms with Crippen LogP contribution in [0.25, 0.3) is 0 Å². The van der Waals surface area contributed by atoms with E-state index in [1.54, 1.807) is 0 Å². The molecule has 0 aromatic rings. The molecule has 0 amide bonds. The highest BCUT2D eigenvalue weighted by atomic mass is 16.7. The van der Waals surface area contributed by atoms with Crippen LogP contribution < -0.4 is 0 Å². The molecule has 2 heterocycles. The van der Waals surface area contributed by atoms with Gasteiger partial charge in [0, 0.05) is 12.3 Å². The van der Waals surface area contributed by atoms with Crippen molar-refractivity contribution in [3.63, 3.8) is 0 Å². The number of hydrogen-bond donors (Lipinski definition) is 2. The van der Waals surface area contributed by atoms with E-state index in [1.165, 1.54) is 38.5 Å². The van der Waals surface area contributed by atoms with Crippen molar-refractivity contribution in [2.45, 2.75) is 115 Å². The number of aliphatic hydroxyl groups is 2. The first-order chi connectivity index (χ1) is 14.6. The monoisotopic (exact) mass is 432 g/mol. The van der Waals surface area contributed by atoms with Crippen molar-refractivity contribution >= 4 is 0 Å². The van der Waals surface area contributed by atoms with Crippen LogP contribution in [0.3, 0.4) is 0 Å².